The zero-order chi connectivity index (χ0) is 14.8. The molecular formula is C16H22N2OS. The molecule has 0 saturated heterocycles. The van der Waals surface area contributed by atoms with Gasteiger partial charge in [0.1, 0.15) is 0 Å². The molecule has 4 heteroatoms. The van der Waals surface area contributed by atoms with Crippen LogP contribution in [0.3, 0.4) is 0 Å². The van der Waals surface area contributed by atoms with E-state index in [1.54, 1.807) is 0 Å². The quantitative estimate of drug-likeness (QED) is 0.838. The molecule has 0 atom stereocenters. The van der Waals surface area contributed by atoms with Gasteiger partial charge in [0.2, 0.25) is 5.91 Å². The minimum Gasteiger partial charge on any atom is -0.392 e. The van der Waals surface area contributed by atoms with Crippen LogP contribution in [0, 0.1) is 19.3 Å². The molecule has 0 aliphatic heterocycles. The maximum atomic E-state index is 12.7. The molecule has 0 radical (unpaired) electrons. The Hall–Kier alpha value is -1.42. The summed E-state index contributed by atoms with van der Waals surface area (Å²) >= 11 is 5.20. The van der Waals surface area contributed by atoms with Gasteiger partial charge in [-0.05, 0) is 43.9 Å². The first kappa shape index (κ1) is 15.0. The van der Waals surface area contributed by atoms with Crippen molar-refractivity contribution in [1.29, 1.82) is 0 Å². The fourth-order valence-electron chi connectivity index (χ4n) is 2.87. The monoisotopic (exact) mass is 290 g/mol. The molecule has 1 aliphatic rings. The zero-order valence-corrected chi connectivity index (χ0v) is 13.0. The molecule has 1 amide bonds. The molecule has 1 aromatic rings. The van der Waals surface area contributed by atoms with Crippen molar-refractivity contribution >= 4 is 28.8 Å². The van der Waals surface area contributed by atoms with Gasteiger partial charge in [-0.2, -0.15) is 0 Å². The maximum absolute atomic E-state index is 12.7. The molecule has 1 saturated carbocycles. The van der Waals surface area contributed by atoms with Crippen molar-refractivity contribution in [2.75, 3.05) is 5.32 Å². The van der Waals surface area contributed by atoms with E-state index in [1.165, 1.54) is 0 Å². The van der Waals surface area contributed by atoms with E-state index in [2.05, 4.69) is 5.32 Å². The number of hydrogen-bond donors (Lipinski definition) is 2. The highest BCUT2D eigenvalue weighted by Gasteiger charge is 2.42. The number of hydrogen-bond acceptors (Lipinski definition) is 2. The molecule has 2 rings (SSSR count). The predicted octanol–water partition coefficient (Wildman–Crippen LogP) is 3.48. The van der Waals surface area contributed by atoms with Gasteiger partial charge in [0.05, 0.1) is 10.4 Å². The third kappa shape index (κ3) is 2.70. The molecule has 1 aliphatic carbocycles. The molecule has 0 heterocycles. The molecule has 3 nitrogen and oxygen atoms in total. The number of amides is 1. The Labute approximate surface area is 125 Å². The van der Waals surface area contributed by atoms with E-state index in [9.17, 15) is 4.79 Å². The fraction of sp³-hybridized carbons (Fsp3) is 0.500. The van der Waals surface area contributed by atoms with Crippen LogP contribution in [0.2, 0.25) is 0 Å². The Morgan fingerprint density at radius 2 is 1.90 bits per heavy atom. The Morgan fingerprint density at radius 3 is 2.50 bits per heavy atom. The SMILES string of the molecule is Cc1cccc(NC(=O)C2(C(N)=S)CCCCC2)c1C. The first-order valence-electron chi connectivity index (χ1n) is 7.15. The van der Waals surface area contributed by atoms with Crippen molar-refractivity contribution < 1.29 is 4.79 Å². The van der Waals surface area contributed by atoms with Crippen LogP contribution in [0.5, 0.6) is 0 Å². The standard InChI is InChI=1S/C16H22N2OS/c1-11-7-6-8-13(12(11)2)18-15(19)16(14(17)20)9-4-3-5-10-16/h6-8H,3-5,9-10H2,1-2H3,(H2,17,20)(H,18,19). The van der Waals surface area contributed by atoms with E-state index in [1.807, 2.05) is 32.0 Å². The first-order chi connectivity index (χ1) is 9.47. The van der Waals surface area contributed by atoms with Gasteiger partial charge in [-0.3, -0.25) is 4.79 Å². The Kier molecular flexibility index (Phi) is 4.43. The van der Waals surface area contributed by atoms with Crippen LogP contribution in [-0.4, -0.2) is 10.9 Å². The lowest BCUT2D eigenvalue weighted by Crippen LogP contribution is -2.47. The van der Waals surface area contributed by atoms with Gasteiger partial charge in [0.15, 0.2) is 0 Å². The topological polar surface area (TPSA) is 55.1 Å². The van der Waals surface area contributed by atoms with E-state index < -0.39 is 5.41 Å². The summed E-state index contributed by atoms with van der Waals surface area (Å²) in [7, 11) is 0. The summed E-state index contributed by atoms with van der Waals surface area (Å²) in [6.45, 7) is 4.05. The second kappa shape index (κ2) is 5.92. The van der Waals surface area contributed by atoms with Gasteiger partial charge in [-0.25, -0.2) is 0 Å². The van der Waals surface area contributed by atoms with Gasteiger partial charge >= 0.3 is 0 Å². The summed E-state index contributed by atoms with van der Waals surface area (Å²) in [4.78, 5) is 13.0. The molecule has 0 unspecified atom stereocenters. The highest BCUT2D eigenvalue weighted by molar-refractivity contribution is 7.80. The van der Waals surface area contributed by atoms with E-state index in [-0.39, 0.29) is 5.91 Å². The molecule has 1 aromatic carbocycles. The normalized spacial score (nSPS) is 17.5. The second-order valence-electron chi connectivity index (χ2n) is 5.71. The average Bonchev–Trinajstić information content (AvgIpc) is 2.44. The number of thiocarbonyl (C=S) groups is 1. The van der Waals surface area contributed by atoms with Crippen LogP contribution in [0.15, 0.2) is 18.2 Å². The summed E-state index contributed by atoms with van der Waals surface area (Å²) in [5, 5.41) is 3.04. The smallest absolute Gasteiger partial charge is 0.237 e. The molecule has 3 N–H and O–H groups in total. The maximum Gasteiger partial charge on any atom is 0.237 e. The molecule has 0 spiro atoms. The predicted molar refractivity (Wildman–Crippen MR) is 86.8 cm³/mol. The van der Waals surface area contributed by atoms with Crippen molar-refractivity contribution in [3.05, 3.63) is 29.3 Å². The summed E-state index contributed by atoms with van der Waals surface area (Å²) in [5.41, 5.74) is 8.35. The Bertz CT molecular complexity index is 533. The van der Waals surface area contributed by atoms with Crippen molar-refractivity contribution in [3.8, 4) is 0 Å². The highest BCUT2D eigenvalue weighted by atomic mass is 32.1. The summed E-state index contributed by atoms with van der Waals surface area (Å²) in [6.07, 6.45) is 4.70. The molecular weight excluding hydrogens is 268 g/mol. The number of carbonyl (C=O) groups is 1. The average molecular weight is 290 g/mol. The number of rotatable bonds is 3. The lowest BCUT2D eigenvalue weighted by molar-refractivity contribution is -0.123. The summed E-state index contributed by atoms with van der Waals surface area (Å²) < 4.78 is 0. The largest absolute Gasteiger partial charge is 0.392 e. The number of anilines is 1. The van der Waals surface area contributed by atoms with Gasteiger partial charge in [0, 0.05) is 5.69 Å². The molecule has 0 bridgehead atoms. The van der Waals surface area contributed by atoms with Gasteiger partial charge < -0.3 is 11.1 Å². The van der Waals surface area contributed by atoms with Crippen LogP contribution >= 0.6 is 12.2 Å². The lowest BCUT2D eigenvalue weighted by Gasteiger charge is -2.35. The van der Waals surface area contributed by atoms with Gasteiger partial charge in [-0.1, -0.05) is 43.6 Å². The Balaban J connectivity index is 2.25. The van der Waals surface area contributed by atoms with Gasteiger partial charge in [0.25, 0.3) is 0 Å². The minimum absolute atomic E-state index is 0.0431. The molecule has 0 aromatic heterocycles. The third-order valence-electron chi connectivity index (χ3n) is 4.47. The second-order valence-corrected chi connectivity index (χ2v) is 6.15. The van der Waals surface area contributed by atoms with Crippen LogP contribution < -0.4 is 11.1 Å². The summed E-state index contributed by atoms with van der Waals surface area (Å²) in [5.74, 6) is -0.0431. The summed E-state index contributed by atoms with van der Waals surface area (Å²) in [6, 6.07) is 5.91. The molecule has 108 valence electrons. The molecule has 20 heavy (non-hydrogen) atoms. The van der Waals surface area contributed by atoms with E-state index >= 15 is 0 Å². The fourth-order valence-corrected chi connectivity index (χ4v) is 3.17. The Morgan fingerprint density at radius 1 is 1.25 bits per heavy atom. The van der Waals surface area contributed by atoms with Crippen LogP contribution in [-0.2, 0) is 4.79 Å². The van der Waals surface area contributed by atoms with E-state index in [0.29, 0.717) is 4.99 Å². The van der Waals surface area contributed by atoms with E-state index in [0.717, 1.165) is 48.9 Å². The van der Waals surface area contributed by atoms with Crippen molar-refractivity contribution in [2.24, 2.45) is 11.1 Å². The van der Waals surface area contributed by atoms with Crippen LogP contribution in [0.25, 0.3) is 0 Å². The third-order valence-corrected chi connectivity index (χ3v) is 4.86. The number of aryl methyl sites for hydroxylation is 1. The van der Waals surface area contributed by atoms with Crippen LogP contribution in [0.1, 0.15) is 43.2 Å². The lowest BCUT2D eigenvalue weighted by atomic mass is 9.73. The highest BCUT2D eigenvalue weighted by Crippen LogP contribution is 2.38. The van der Waals surface area contributed by atoms with E-state index in [4.69, 9.17) is 18.0 Å². The first-order valence-corrected chi connectivity index (χ1v) is 7.56. The molecule has 1 fully saturated rings. The number of benzene rings is 1. The van der Waals surface area contributed by atoms with Crippen molar-refractivity contribution in [1.82, 2.24) is 0 Å². The zero-order valence-electron chi connectivity index (χ0n) is 12.2. The number of carbonyl (C=O) groups excluding carboxylic acids is 1. The van der Waals surface area contributed by atoms with Crippen molar-refractivity contribution in [2.45, 2.75) is 46.0 Å². The van der Waals surface area contributed by atoms with Crippen molar-refractivity contribution in [3.63, 3.8) is 0 Å². The van der Waals surface area contributed by atoms with Gasteiger partial charge in [-0.15, -0.1) is 0 Å². The van der Waals surface area contributed by atoms with Crippen LogP contribution in [0.4, 0.5) is 5.69 Å². The number of nitrogens with one attached hydrogen (secondary N) is 1. The minimum atomic E-state index is -0.663. The number of nitrogens with two attached hydrogens (primary N) is 1.